The van der Waals surface area contributed by atoms with E-state index in [-0.39, 0.29) is 18.4 Å². The van der Waals surface area contributed by atoms with Crippen molar-refractivity contribution in [1.82, 2.24) is 20.1 Å². The van der Waals surface area contributed by atoms with Crippen LogP contribution in [0.2, 0.25) is 0 Å². The molecule has 1 N–H and O–H groups in total. The predicted octanol–water partition coefficient (Wildman–Crippen LogP) is 4.02. The number of nitrogens with one attached hydrogen (secondary N) is 1. The Bertz CT molecular complexity index is 978. The number of anilines is 2. The summed E-state index contributed by atoms with van der Waals surface area (Å²) in [5.74, 6) is 1.69. The van der Waals surface area contributed by atoms with Gasteiger partial charge in [-0.15, -0.1) is 10.2 Å². The minimum Gasteiger partial charge on any atom is -0.484 e. The van der Waals surface area contributed by atoms with E-state index in [0.717, 1.165) is 47.5 Å². The highest BCUT2D eigenvalue weighted by Crippen LogP contribution is 2.27. The first-order chi connectivity index (χ1) is 14.7. The van der Waals surface area contributed by atoms with E-state index in [1.807, 2.05) is 53.4 Å². The summed E-state index contributed by atoms with van der Waals surface area (Å²) in [7, 11) is 0. The maximum Gasteiger partial charge on any atom is 0.260 e. The SMILES string of the molecule is CCc1nnc(Nc2cccc([C@@H]3CCCN(C(=O)COc4ccccc4)C3)n2)s1. The highest BCUT2D eigenvalue weighted by Gasteiger charge is 2.26. The summed E-state index contributed by atoms with van der Waals surface area (Å²) in [6, 6.07) is 15.4. The second-order valence-electron chi connectivity index (χ2n) is 7.21. The van der Waals surface area contributed by atoms with Gasteiger partial charge in [0, 0.05) is 24.7 Å². The van der Waals surface area contributed by atoms with E-state index in [4.69, 9.17) is 9.72 Å². The van der Waals surface area contributed by atoms with Crippen LogP contribution in [0.5, 0.6) is 5.75 Å². The Morgan fingerprint density at radius 2 is 2.07 bits per heavy atom. The van der Waals surface area contributed by atoms with Crippen LogP contribution in [0.4, 0.5) is 10.9 Å². The van der Waals surface area contributed by atoms with Crippen molar-refractivity contribution in [2.45, 2.75) is 32.1 Å². The first kappa shape index (κ1) is 20.3. The van der Waals surface area contributed by atoms with Gasteiger partial charge in [0.05, 0.1) is 0 Å². The molecule has 1 aliphatic rings. The van der Waals surface area contributed by atoms with Crippen molar-refractivity contribution in [3.63, 3.8) is 0 Å². The fourth-order valence-electron chi connectivity index (χ4n) is 3.50. The third-order valence-corrected chi connectivity index (χ3v) is 6.06. The number of rotatable bonds is 7. The van der Waals surface area contributed by atoms with Crippen LogP contribution in [0, 0.1) is 0 Å². The van der Waals surface area contributed by atoms with Gasteiger partial charge in [-0.25, -0.2) is 4.98 Å². The lowest BCUT2D eigenvalue weighted by atomic mass is 9.94. The lowest BCUT2D eigenvalue weighted by Crippen LogP contribution is -2.41. The van der Waals surface area contributed by atoms with Crippen molar-refractivity contribution in [2.75, 3.05) is 25.0 Å². The fraction of sp³-hybridized carbons (Fsp3) is 0.364. The van der Waals surface area contributed by atoms with Gasteiger partial charge in [-0.3, -0.25) is 4.79 Å². The first-order valence-corrected chi connectivity index (χ1v) is 11.0. The number of aromatic nitrogens is 3. The van der Waals surface area contributed by atoms with Crippen molar-refractivity contribution in [3.8, 4) is 5.75 Å². The number of carbonyl (C=O) groups is 1. The number of amides is 1. The zero-order chi connectivity index (χ0) is 20.8. The van der Waals surface area contributed by atoms with E-state index in [9.17, 15) is 4.79 Å². The largest absolute Gasteiger partial charge is 0.484 e. The van der Waals surface area contributed by atoms with Gasteiger partial charge >= 0.3 is 0 Å². The Balaban J connectivity index is 1.37. The minimum absolute atomic E-state index is 0.0128. The van der Waals surface area contributed by atoms with Crippen LogP contribution in [0.1, 0.15) is 36.4 Å². The van der Waals surface area contributed by atoms with Crippen molar-refractivity contribution >= 4 is 28.2 Å². The molecule has 1 fully saturated rings. The Hall–Kier alpha value is -3.00. The number of nitrogens with zero attached hydrogens (tertiary/aromatic N) is 4. The molecule has 7 nitrogen and oxygen atoms in total. The summed E-state index contributed by atoms with van der Waals surface area (Å²) in [4.78, 5) is 19.3. The topological polar surface area (TPSA) is 80.2 Å². The molecular formula is C22H25N5O2S. The molecule has 3 aromatic rings. The molecule has 0 bridgehead atoms. The molecule has 0 radical (unpaired) electrons. The monoisotopic (exact) mass is 423 g/mol. The maximum absolute atomic E-state index is 12.6. The van der Waals surface area contributed by atoms with Crippen molar-refractivity contribution in [1.29, 1.82) is 0 Å². The lowest BCUT2D eigenvalue weighted by Gasteiger charge is -2.32. The molecule has 4 rings (SSSR count). The molecule has 1 aromatic carbocycles. The third kappa shape index (κ3) is 5.13. The van der Waals surface area contributed by atoms with Gasteiger partial charge in [0.1, 0.15) is 16.6 Å². The van der Waals surface area contributed by atoms with Crippen LogP contribution in [0.15, 0.2) is 48.5 Å². The fourth-order valence-corrected chi connectivity index (χ4v) is 4.19. The minimum atomic E-state index is 0.0128. The number of carbonyl (C=O) groups excluding carboxylic acids is 1. The number of likely N-dealkylation sites (tertiary alicyclic amines) is 1. The number of benzene rings is 1. The Morgan fingerprint density at radius 1 is 1.20 bits per heavy atom. The number of aryl methyl sites for hydroxylation is 1. The molecule has 1 amide bonds. The quantitative estimate of drug-likeness (QED) is 0.618. The number of hydrogen-bond acceptors (Lipinski definition) is 7. The zero-order valence-electron chi connectivity index (χ0n) is 17.0. The molecule has 1 aliphatic heterocycles. The second-order valence-corrected chi connectivity index (χ2v) is 8.27. The van der Waals surface area contributed by atoms with E-state index >= 15 is 0 Å². The maximum atomic E-state index is 12.6. The van der Waals surface area contributed by atoms with Gasteiger partial charge in [0.15, 0.2) is 6.61 Å². The van der Waals surface area contributed by atoms with Crippen LogP contribution in [0.25, 0.3) is 0 Å². The number of pyridine rings is 1. The molecule has 0 spiro atoms. The van der Waals surface area contributed by atoms with Crippen LogP contribution >= 0.6 is 11.3 Å². The molecular weight excluding hydrogens is 398 g/mol. The van der Waals surface area contributed by atoms with E-state index in [1.54, 1.807) is 0 Å². The smallest absolute Gasteiger partial charge is 0.260 e. The van der Waals surface area contributed by atoms with Crippen LogP contribution in [-0.4, -0.2) is 45.7 Å². The van der Waals surface area contributed by atoms with Gasteiger partial charge in [0.25, 0.3) is 5.91 Å². The predicted molar refractivity (Wildman–Crippen MR) is 117 cm³/mol. The van der Waals surface area contributed by atoms with E-state index in [2.05, 4.69) is 22.4 Å². The summed E-state index contributed by atoms with van der Waals surface area (Å²) >= 11 is 1.54. The molecule has 8 heteroatoms. The molecule has 30 heavy (non-hydrogen) atoms. The van der Waals surface area contributed by atoms with E-state index < -0.39 is 0 Å². The standard InChI is InChI=1S/C22H25N5O2S/c1-2-20-25-26-22(30-20)24-19-12-6-11-18(23-19)16-8-7-13-27(14-16)21(28)15-29-17-9-4-3-5-10-17/h3-6,9-12,16H,2,7-8,13-15H2,1H3,(H,23,24,26)/t16-/m1/s1. The molecule has 0 aliphatic carbocycles. The summed E-state index contributed by atoms with van der Waals surface area (Å²) in [6.07, 6.45) is 2.84. The lowest BCUT2D eigenvalue weighted by molar-refractivity contribution is -0.134. The van der Waals surface area contributed by atoms with Crippen molar-refractivity contribution in [3.05, 3.63) is 59.2 Å². The third-order valence-electron chi connectivity index (χ3n) is 5.07. The Kier molecular flexibility index (Phi) is 6.53. The summed E-state index contributed by atoms with van der Waals surface area (Å²) in [6.45, 7) is 3.54. The Morgan fingerprint density at radius 3 is 2.87 bits per heavy atom. The number of ether oxygens (including phenoxy) is 1. The summed E-state index contributed by atoms with van der Waals surface area (Å²) in [5.41, 5.74) is 0.988. The highest BCUT2D eigenvalue weighted by molar-refractivity contribution is 7.15. The van der Waals surface area contributed by atoms with E-state index in [0.29, 0.717) is 12.3 Å². The summed E-state index contributed by atoms with van der Waals surface area (Å²) in [5, 5.41) is 13.3. The molecule has 1 atom stereocenters. The number of para-hydroxylation sites is 1. The summed E-state index contributed by atoms with van der Waals surface area (Å²) < 4.78 is 5.63. The van der Waals surface area contributed by atoms with Crippen LogP contribution in [-0.2, 0) is 11.2 Å². The van der Waals surface area contributed by atoms with Gasteiger partial charge in [0.2, 0.25) is 5.13 Å². The molecule has 3 heterocycles. The average molecular weight is 424 g/mol. The van der Waals surface area contributed by atoms with Crippen molar-refractivity contribution in [2.24, 2.45) is 0 Å². The van der Waals surface area contributed by atoms with Gasteiger partial charge < -0.3 is 15.0 Å². The number of piperidine rings is 1. The number of hydrogen-bond donors (Lipinski definition) is 1. The Labute approximate surface area is 180 Å². The molecule has 2 aromatic heterocycles. The molecule has 0 saturated carbocycles. The molecule has 1 saturated heterocycles. The van der Waals surface area contributed by atoms with Gasteiger partial charge in [-0.1, -0.05) is 42.5 Å². The first-order valence-electron chi connectivity index (χ1n) is 10.2. The average Bonchev–Trinajstić information content (AvgIpc) is 3.26. The van der Waals surface area contributed by atoms with Crippen LogP contribution < -0.4 is 10.1 Å². The van der Waals surface area contributed by atoms with Gasteiger partial charge in [-0.05, 0) is 43.5 Å². The molecule has 156 valence electrons. The van der Waals surface area contributed by atoms with Gasteiger partial charge in [-0.2, -0.15) is 0 Å². The normalized spacial score (nSPS) is 16.3. The van der Waals surface area contributed by atoms with Crippen LogP contribution in [0.3, 0.4) is 0 Å². The van der Waals surface area contributed by atoms with Crippen molar-refractivity contribution < 1.29 is 9.53 Å². The second kappa shape index (κ2) is 9.67. The highest BCUT2D eigenvalue weighted by atomic mass is 32.1. The molecule has 0 unspecified atom stereocenters. The zero-order valence-corrected chi connectivity index (χ0v) is 17.8. The van der Waals surface area contributed by atoms with E-state index in [1.165, 1.54) is 11.3 Å².